The summed E-state index contributed by atoms with van der Waals surface area (Å²) in [7, 11) is 2.19. The van der Waals surface area contributed by atoms with Crippen LogP contribution in [-0.2, 0) is 0 Å². The normalized spacial score (nSPS) is 23.8. The molecule has 0 aromatic rings. The Kier molecular flexibility index (Phi) is 6.07. The van der Waals surface area contributed by atoms with E-state index in [1.807, 2.05) is 13.8 Å². The monoisotopic (exact) mass is 270 g/mol. The first-order valence-corrected chi connectivity index (χ1v) is 7.27. The highest BCUT2D eigenvalue weighted by atomic mass is 16.4. The van der Waals surface area contributed by atoms with Crippen LogP contribution in [0.2, 0.25) is 0 Å². The number of hydrogen-bond donors (Lipinski definition) is 2. The number of hydrogen-bond acceptors (Lipinski definition) is 4. The highest BCUT2D eigenvalue weighted by Crippen LogP contribution is 2.23. The van der Waals surface area contributed by atoms with Gasteiger partial charge in [0.25, 0.3) is 0 Å². The molecule has 1 aliphatic heterocycles. The van der Waals surface area contributed by atoms with Gasteiger partial charge in [-0.1, -0.05) is 25.4 Å². The van der Waals surface area contributed by atoms with Gasteiger partial charge >= 0.3 is 0 Å². The molecule has 0 aromatic heterocycles. The number of piperazine rings is 1. The third-order valence-corrected chi connectivity index (χ3v) is 4.27. The van der Waals surface area contributed by atoms with Crippen LogP contribution in [0, 0.1) is 5.41 Å². The van der Waals surface area contributed by atoms with Crippen LogP contribution < -0.4 is 5.73 Å². The molecule has 1 rings (SSSR count). The van der Waals surface area contributed by atoms with Gasteiger partial charge in [0.05, 0.1) is 0 Å². The highest BCUT2D eigenvalue weighted by Gasteiger charge is 2.24. The Balaban J connectivity index is 2.24. The van der Waals surface area contributed by atoms with Gasteiger partial charge in [0.15, 0.2) is 0 Å². The number of nitrogens with zero attached hydrogens (tertiary/aromatic N) is 3. The first-order chi connectivity index (χ1) is 8.86. The summed E-state index contributed by atoms with van der Waals surface area (Å²) in [4.78, 5) is 4.96. The van der Waals surface area contributed by atoms with E-state index in [4.69, 9.17) is 10.9 Å². The summed E-state index contributed by atoms with van der Waals surface area (Å²) in [5.41, 5.74) is 5.49. The van der Waals surface area contributed by atoms with Crippen LogP contribution in [0.25, 0.3) is 0 Å². The Morgan fingerprint density at radius 3 is 2.63 bits per heavy atom. The molecule has 1 aliphatic rings. The molecule has 5 nitrogen and oxygen atoms in total. The highest BCUT2D eigenvalue weighted by molar-refractivity contribution is 5.85. The molecule has 1 atom stereocenters. The minimum Gasteiger partial charge on any atom is -0.409 e. The number of rotatable bonds is 6. The summed E-state index contributed by atoms with van der Waals surface area (Å²) in [6.45, 7) is 11.0. The van der Waals surface area contributed by atoms with Gasteiger partial charge in [0, 0.05) is 31.1 Å². The number of unbranched alkanes of at least 4 members (excludes halogenated alkanes) is 1. The zero-order chi connectivity index (χ0) is 14.5. The summed E-state index contributed by atoms with van der Waals surface area (Å²) in [5.74, 6) is 0.334. The average molecular weight is 270 g/mol. The second-order valence-corrected chi connectivity index (χ2v) is 6.47. The minimum absolute atomic E-state index is 0.206. The second kappa shape index (κ2) is 7.10. The van der Waals surface area contributed by atoms with Gasteiger partial charge in [0.1, 0.15) is 5.84 Å². The fourth-order valence-corrected chi connectivity index (χ4v) is 2.65. The third kappa shape index (κ3) is 4.99. The lowest BCUT2D eigenvalue weighted by Crippen LogP contribution is -2.50. The largest absolute Gasteiger partial charge is 0.409 e. The first-order valence-electron chi connectivity index (χ1n) is 7.27. The quantitative estimate of drug-likeness (QED) is 0.253. The van der Waals surface area contributed by atoms with Crippen molar-refractivity contribution in [3.8, 4) is 0 Å². The molecule has 19 heavy (non-hydrogen) atoms. The van der Waals surface area contributed by atoms with Crippen molar-refractivity contribution in [3.05, 3.63) is 0 Å². The van der Waals surface area contributed by atoms with Crippen LogP contribution in [-0.4, -0.2) is 60.1 Å². The van der Waals surface area contributed by atoms with Crippen LogP contribution >= 0.6 is 0 Å². The average Bonchev–Trinajstić information content (AvgIpc) is 2.35. The summed E-state index contributed by atoms with van der Waals surface area (Å²) in [6, 6.07) is 0.649. The summed E-state index contributed by atoms with van der Waals surface area (Å²) in [6.07, 6.45) is 3.25. The molecule has 0 saturated carbocycles. The molecular weight excluding hydrogens is 240 g/mol. The maximum Gasteiger partial charge on any atom is 0.144 e. The van der Waals surface area contributed by atoms with E-state index in [1.54, 1.807) is 0 Å². The van der Waals surface area contributed by atoms with Crippen molar-refractivity contribution in [2.24, 2.45) is 16.3 Å². The van der Waals surface area contributed by atoms with Gasteiger partial charge in [-0.15, -0.1) is 0 Å². The molecular formula is C14H30N4O. The smallest absolute Gasteiger partial charge is 0.144 e. The molecule has 0 aromatic carbocycles. The summed E-state index contributed by atoms with van der Waals surface area (Å²) < 4.78 is 0. The van der Waals surface area contributed by atoms with Crippen LogP contribution in [0.3, 0.4) is 0 Å². The van der Waals surface area contributed by atoms with E-state index in [0.717, 1.165) is 25.9 Å². The molecule has 1 unspecified atom stereocenters. The van der Waals surface area contributed by atoms with Gasteiger partial charge in [-0.25, -0.2) is 0 Å². The zero-order valence-electron chi connectivity index (χ0n) is 12.9. The fraction of sp³-hybridized carbons (Fsp3) is 0.929. The van der Waals surface area contributed by atoms with E-state index in [9.17, 15) is 0 Å². The van der Waals surface area contributed by atoms with Gasteiger partial charge in [-0.05, 0) is 33.4 Å². The van der Waals surface area contributed by atoms with Crippen molar-refractivity contribution >= 4 is 5.84 Å². The molecule has 1 saturated heterocycles. The van der Waals surface area contributed by atoms with Crippen molar-refractivity contribution in [3.63, 3.8) is 0 Å². The van der Waals surface area contributed by atoms with Crippen LogP contribution in [0.15, 0.2) is 5.16 Å². The molecule has 5 heteroatoms. The Hall–Kier alpha value is -0.810. The minimum atomic E-state index is -0.206. The Labute approximate surface area is 117 Å². The van der Waals surface area contributed by atoms with E-state index < -0.39 is 0 Å². The van der Waals surface area contributed by atoms with Crippen molar-refractivity contribution < 1.29 is 5.21 Å². The number of likely N-dealkylation sites (N-methyl/N-ethyl adjacent to an activating group) is 1. The summed E-state index contributed by atoms with van der Waals surface area (Å²) in [5, 5.41) is 11.9. The van der Waals surface area contributed by atoms with E-state index >= 15 is 0 Å². The molecule has 1 fully saturated rings. The SMILES string of the molecule is CC1CN(C)CCN1CCCCC(C)(C)C(N)=NO. The Bertz CT molecular complexity index is 304. The second-order valence-electron chi connectivity index (χ2n) is 6.47. The molecule has 0 amide bonds. The lowest BCUT2D eigenvalue weighted by atomic mass is 9.86. The first kappa shape index (κ1) is 16.2. The van der Waals surface area contributed by atoms with Gasteiger partial charge < -0.3 is 15.8 Å². The van der Waals surface area contributed by atoms with E-state index in [2.05, 4.69) is 28.9 Å². The summed E-state index contributed by atoms with van der Waals surface area (Å²) >= 11 is 0. The molecule has 0 aliphatic carbocycles. The maximum absolute atomic E-state index is 8.74. The van der Waals surface area contributed by atoms with Crippen molar-refractivity contribution in [1.29, 1.82) is 0 Å². The molecule has 0 radical (unpaired) electrons. The Morgan fingerprint density at radius 1 is 1.37 bits per heavy atom. The van der Waals surface area contributed by atoms with Crippen molar-refractivity contribution in [2.75, 3.05) is 33.2 Å². The zero-order valence-corrected chi connectivity index (χ0v) is 12.9. The van der Waals surface area contributed by atoms with Crippen LogP contribution in [0.5, 0.6) is 0 Å². The fourth-order valence-electron chi connectivity index (χ4n) is 2.65. The van der Waals surface area contributed by atoms with E-state index in [1.165, 1.54) is 19.5 Å². The molecule has 0 bridgehead atoms. The predicted molar refractivity (Wildman–Crippen MR) is 79.6 cm³/mol. The van der Waals surface area contributed by atoms with Crippen LogP contribution in [0.4, 0.5) is 0 Å². The maximum atomic E-state index is 8.74. The van der Waals surface area contributed by atoms with Crippen LogP contribution in [0.1, 0.15) is 40.0 Å². The van der Waals surface area contributed by atoms with E-state index in [-0.39, 0.29) is 5.41 Å². The molecule has 112 valence electrons. The van der Waals surface area contributed by atoms with Gasteiger partial charge in [0.2, 0.25) is 0 Å². The van der Waals surface area contributed by atoms with Crippen molar-refractivity contribution in [1.82, 2.24) is 9.80 Å². The number of oxime groups is 1. The standard InChI is InChI=1S/C14H30N4O/c1-12-11-17(4)9-10-18(12)8-6-5-7-14(2,3)13(15)16-19/h12,19H,5-11H2,1-4H3,(H2,15,16). The topological polar surface area (TPSA) is 65.1 Å². The van der Waals surface area contributed by atoms with Crippen molar-refractivity contribution in [2.45, 2.75) is 46.1 Å². The number of amidine groups is 1. The lowest BCUT2D eigenvalue weighted by Gasteiger charge is -2.38. The predicted octanol–water partition coefficient (Wildman–Crippen LogP) is 1.57. The molecule has 3 N–H and O–H groups in total. The molecule has 0 spiro atoms. The lowest BCUT2D eigenvalue weighted by molar-refractivity contribution is 0.0979. The Morgan fingerprint density at radius 2 is 2.05 bits per heavy atom. The van der Waals surface area contributed by atoms with E-state index in [0.29, 0.717) is 11.9 Å². The van der Waals surface area contributed by atoms with Gasteiger partial charge in [-0.2, -0.15) is 0 Å². The number of nitrogens with two attached hydrogens (primary N) is 1. The third-order valence-electron chi connectivity index (χ3n) is 4.27. The van der Waals surface area contributed by atoms with Gasteiger partial charge in [-0.3, -0.25) is 4.90 Å². The molecule has 1 heterocycles.